The van der Waals surface area contributed by atoms with Crippen LogP contribution in [0.2, 0.25) is 0 Å². The van der Waals surface area contributed by atoms with Crippen molar-refractivity contribution in [1.29, 1.82) is 0 Å². The van der Waals surface area contributed by atoms with E-state index < -0.39 is 0 Å². The lowest BCUT2D eigenvalue weighted by molar-refractivity contribution is 0.876. The first-order valence-electron chi connectivity index (χ1n) is 7.78. The van der Waals surface area contributed by atoms with Gasteiger partial charge in [-0.05, 0) is 31.6 Å². The average Bonchev–Trinajstić information content (AvgIpc) is 2.59. The molecule has 0 unspecified atom stereocenters. The van der Waals surface area contributed by atoms with Crippen LogP contribution in [0.1, 0.15) is 19.4 Å². The van der Waals surface area contributed by atoms with Crippen LogP contribution in [0.3, 0.4) is 0 Å². The number of benzene rings is 1. The number of hydrazine groups is 1. The van der Waals surface area contributed by atoms with Crippen LogP contribution in [0.4, 0.5) is 17.8 Å². The van der Waals surface area contributed by atoms with Gasteiger partial charge in [0.15, 0.2) is 5.11 Å². The van der Waals surface area contributed by atoms with E-state index >= 15 is 0 Å². The normalized spacial score (nSPS) is 9.92. The summed E-state index contributed by atoms with van der Waals surface area (Å²) in [5.74, 6) is 1.37. The molecule has 0 spiro atoms. The molecule has 1 aromatic carbocycles. The largest absolute Gasteiger partial charge is 0.357 e. The molecule has 9 heteroatoms. The van der Waals surface area contributed by atoms with Gasteiger partial charge in [0.1, 0.15) is 0 Å². The molecule has 1 aromatic heterocycles. The lowest BCUT2D eigenvalue weighted by Crippen LogP contribution is -2.39. The van der Waals surface area contributed by atoms with Crippen LogP contribution < -0.4 is 26.8 Å². The van der Waals surface area contributed by atoms with Gasteiger partial charge in [0.25, 0.3) is 0 Å². The summed E-state index contributed by atoms with van der Waals surface area (Å²) in [6.45, 7) is 6.03. The van der Waals surface area contributed by atoms with Crippen molar-refractivity contribution in [3.63, 3.8) is 0 Å². The van der Waals surface area contributed by atoms with Gasteiger partial charge in [-0.25, -0.2) is 0 Å². The lowest BCUT2D eigenvalue weighted by Gasteiger charge is -2.13. The van der Waals surface area contributed by atoms with E-state index in [1.807, 2.05) is 44.2 Å². The fourth-order valence-corrected chi connectivity index (χ4v) is 1.96. The highest BCUT2D eigenvalue weighted by Gasteiger charge is 2.05. The highest BCUT2D eigenvalue weighted by Crippen LogP contribution is 2.08. The molecular formula is C15H22N8S. The van der Waals surface area contributed by atoms with Crippen LogP contribution >= 0.6 is 12.2 Å². The molecular weight excluding hydrogens is 324 g/mol. The molecule has 2 rings (SSSR count). The van der Waals surface area contributed by atoms with Gasteiger partial charge in [-0.2, -0.15) is 15.0 Å². The molecule has 0 aliphatic carbocycles. The van der Waals surface area contributed by atoms with E-state index in [0.29, 0.717) is 29.5 Å². The molecule has 0 bridgehead atoms. The van der Waals surface area contributed by atoms with Crippen LogP contribution in [0.25, 0.3) is 0 Å². The van der Waals surface area contributed by atoms with Gasteiger partial charge >= 0.3 is 0 Å². The fraction of sp³-hybridized carbons (Fsp3) is 0.333. The number of aromatic nitrogens is 3. The first kappa shape index (κ1) is 17.7. The Bertz CT molecular complexity index is 625. The lowest BCUT2D eigenvalue weighted by atomic mass is 10.2. The van der Waals surface area contributed by atoms with E-state index in [2.05, 4.69) is 41.8 Å². The Labute approximate surface area is 146 Å². The van der Waals surface area contributed by atoms with Gasteiger partial charge in [0, 0.05) is 19.6 Å². The molecule has 0 aliphatic heterocycles. The first-order valence-corrected chi connectivity index (χ1v) is 8.19. The van der Waals surface area contributed by atoms with Gasteiger partial charge in [-0.3, -0.25) is 10.9 Å². The molecule has 0 aliphatic rings. The average molecular weight is 346 g/mol. The zero-order chi connectivity index (χ0) is 17.2. The van der Waals surface area contributed by atoms with Gasteiger partial charge in [0.05, 0.1) is 0 Å². The van der Waals surface area contributed by atoms with Gasteiger partial charge in [-0.15, -0.1) is 0 Å². The number of nitrogens with zero attached hydrogens (tertiary/aromatic N) is 3. The Kier molecular flexibility index (Phi) is 6.96. The maximum absolute atomic E-state index is 5.23. The highest BCUT2D eigenvalue weighted by atomic mass is 32.1. The molecule has 0 atom stereocenters. The van der Waals surface area contributed by atoms with Crippen LogP contribution in [-0.2, 0) is 6.54 Å². The maximum Gasteiger partial charge on any atom is 0.248 e. The van der Waals surface area contributed by atoms with Crippen molar-refractivity contribution >= 4 is 35.2 Å². The molecule has 0 saturated carbocycles. The third kappa shape index (κ3) is 5.84. The van der Waals surface area contributed by atoms with Crippen molar-refractivity contribution in [2.24, 2.45) is 0 Å². The second-order valence-electron chi connectivity index (χ2n) is 4.79. The molecule has 24 heavy (non-hydrogen) atoms. The Morgan fingerprint density at radius 1 is 0.917 bits per heavy atom. The monoisotopic (exact) mass is 346 g/mol. The third-order valence-electron chi connectivity index (χ3n) is 2.89. The Balaban J connectivity index is 1.88. The molecule has 128 valence electrons. The second kappa shape index (κ2) is 9.46. The summed E-state index contributed by atoms with van der Waals surface area (Å²) in [5, 5.41) is 9.68. The van der Waals surface area contributed by atoms with Crippen LogP contribution in [0.15, 0.2) is 30.3 Å². The maximum atomic E-state index is 5.23. The van der Waals surface area contributed by atoms with Crippen molar-refractivity contribution in [3.8, 4) is 0 Å². The Morgan fingerprint density at radius 3 is 2.08 bits per heavy atom. The Morgan fingerprint density at radius 2 is 1.50 bits per heavy atom. The summed E-state index contributed by atoms with van der Waals surface area (Å²) in [5.41, 5.74) is 6.90. The quantitative estimate of drug-likeness (QED) is 0.361. The molecule has 1 heterocycles. The van der Waals surface area contributed by atoms with Crippen LogP contribution in [0, 0.1) is 0 Å². The van der Waals surface area contributed by atoms with Crippen molar-refractivity contribution in [1.82, 2.24) is 25.7 Å². The topological polar surface area (TPSA) is 98.8 Å². The molecule has 0 fully saturated rings. The van der Waals surface area contributed by atoms with Crippen LogP contribution in [-0.4, -0.2) is 33.2 Å². The fourth-order valence-electron chi connectivity index (χ4n) is 1.84. The van der Waals surface area contributed by atoms with Gasteiger partial charge in [-0.1, -0.05) is 30.3 Å². The molecule has 5 N–H and O–H groups in total. The minimum absolute atomic E-state index is 0.376. The smallest absolute Gasteiger partial charge is 0.248 e. The van der Waals surface area contributed by atoms with Crippen molar-refractivity contribution < 1.29 is 0 Å². The number of anilines is 3. The summed E-state index contributed by atoms with van der Waals surface area (Å²) >= 11 is 5.23. The van der Waals surface area contributed by atoms with Crippen LogP contribution in [0.5, 0.6) is 0 Å². The molecule has 8 nitrogen and oxygen atoms in total. The summed E-state index contributed by atoms with van der Waals surface area (Å²) in [4.78, 5) is 12.8. The van der Waals surface area contributed by atoms with E-state index in [0.717, 1.165) is 18.7 Å². The number of hydrogen-bond donors (Lipinski definition) is 5. The predicted molar refractivity (Wildman–Crippen MR) is 101 cm³/mol. The van der Waals surface area contributed by atoms with Crippen molar-refractivity contribution in [2.45, 2.75) is 20.4 Å². The zero-order valence-corrected chi connectivity index (χ0v) is 14.6. The molecule has 0 amide bonds. The minimum Gasteiger partial charge on any atom is -0.357 e. The minimum atomic E-state index is 0.376. The summed E-state index contributed by atoms with van der Waals surface area (Å²) in [7, 11) is 0. The Hall–Kier alpha value is -2.68. The molecule has 0 radical (unpaired) electrons. The third-order valence-corrected chi connectivity index (χ3v) is 3.14. The second-order valence-corrected chi connectivity index (χ2v) is 5.19. The number of hydrogen-bond acceptors (Lipinski definition) is 7. The predicted octanol–water partition coefficient (Wildman–Crippen LogP) is 1.73. The first-order chi connectivity index (χ1) is 11.7. The van der Waals surface area contributed by atoms with E-state index in [-0.39, 0.29) is 0 Å². The standard InChI is InChI=1S/C15H22N8S/c1-3-16-12-19-13(17-4-2)21-14(20-12)22-23-15(24)18-10-11-8-6-5-7-9-11/h5-9H,3-4,10H2,1-2H3,(H2,18,23,24)(H3,16,17,19,20,21,22). The number of rotatable bonds is 8. The van der Waals surface area contributed by atoms with Crippen molar-refractivity contribution in [3.05, 3.63) is 35.9 Å². The summed E-state index contributed by atoms with van der Waals surface area (Å²) in [6, 6.07) is 10.0. The highest BCUT2D eigenvalue weighted by molar-refractivity contribution is 7.80. The number of thiocarbonyl (C=S) groups is 1. The van der Waals surface area contributed by atoms with Gasteiger partial charge < -0.3 is 16.0 Å². The van der Waals surface area contributed by atoms with Gasteiger partial charge in [0.2, 0.25) is 17.8 Å². The number of nitrogens with one attached hydrogen (secondary N) is 5. The molecule has 2 aromatic rings. The van der Waals surface area contributed by atoms with E-state index in [9.17, 15) is 0 Å². The van der Waals surface area contributed by atoms with E-state index in [4.69, 9.17) is 12.2 Å². The summed E-state index contributed by atoms with van der Waals surface area (Å²) in [6.07, 6.45) is 0. The zero-order valence-electron chi connectivity index (χ0n) is 13.8. The SMILES string of the molecule is CCNc1nc(NCC)nc(NNC(=S)NCc2ccccc2)n1. The van der Waals surface area contributed by atoms with E-state index in [1.54, 1.807) is 0 Å². The van der Waals surface area contributed by atoms with E-state index in [1.165, 1.54) is 0 Å². The van der Waals surface area contributed by atoms with Crippen molar-refractivity contribution in [2.75, 3.05) is 29.1 Å². The molecule has 0 saturated heterocycles. The summed E-state index contributed by atoms with van der Waals surface area (Å²) < 4.78 is 0.